The summed E-state index contributed by atoms with van der Waals surface area (Å²) >= 11 is 0. The number of hydrogen-bond donors (Lipinski definition) is 2. The van der Waals surface area contributed by atoms with Crippen LogP contribution in [-0.4, -0.2) is 23.8 Å². The second-order valence-electron chi connectivity index (χ2n) is 2.35. The summed E-state index contributed by atoms with van der Waals surface area (Å²) in [6.45, 7) is 2.47. The summed E-state index contributed by atoms with van der Waals surface area (Å²) in [5, 5.41) is 11.7. The molecular weight excluding hydrogens is 102 g/mol. The Labute approximate surface area is 49.9 Å². The van der Waals surface area contributed by atoms with E-state index in [4.69, 9.17) is 5.11 Å². The van der Waals surface area contributed by atoms with Gasteiger partial charge in [-0.05, 0) is 6.42 Å². The highest BCUT2D eigenvalue weighted by Gasteiger charge is 2.33. The molecule has 1 aliphatic heterocycles. The third-order valence-electron chi connectivity index (χ3n) is 1.60. The van der Waals surface area contributed by atoms with Gasteiger partial charge in [-0.2, -0.15) is 0 Å². The zero-order valence-corrected chi connectivity index (χ0v) is 5.22. The van der Waals surface area contributed by atoms with Crippen molar-refractivity contribution < 1.29 is 5.11 Å². The molecule has 48 valence electrons. The summed E-state index contributed by atoms with van der Waals surface area (Å²) in [6.07, 6.45) is 2.43. The standard InChI is InChI=1S/C6H13NO/c1-2-3-5-6(4-8)7-5/h5-8H,2-4H2,1H3/t5-,6+/m0/s1. The van der Waals surface area contributed by atoms with Crippen molar-refractivity contribution in [3.63, 3.8) is 0 Å². The average Bonchev–Trinajstić information content (AvgIpc) is 2.48. The van der Waals surface area contributed by atoms with Gasteiger partial charge < -0.3 is 10.4 Å². The molecule has 2 atom stereocenters. The summed E-state index contributed by atoms with van der Waals surface area (Å²) in [7, 11) is 0. The molecule has 2 heteroatoms. The van der Waals surface area contributed by atoms with Gasteiger partial charge in [-0.1, -0.05) is 13.3 Å². The van der Waals surface area contributed by atoms with Crippen molar-refractivity contribution in [2.45, 2.75) is 31.8 Å². The molecule has 0 unspecified atom stereocenters. The molecule has 2 nitrogen and oxygen atoms in total. The van der Waals surface area contributed by atoms with E-state index >= 15 is 0 Å². The zero-order chi connectivity index (χ0) is 5.98. The van der Waals surface area contributed by atoms with E-state index in [0.29, 0.717) is 18.7 Å². The average molecular weight is 115 g/mol. The molecule has 0 aromatic carbocycles. The quantitative estimate of drug-likeness (QED) is 0.513. The Bertz CT molecular complexity index is 74.9. The highest BCUT2D eigenvalue weighted by atomic mass is 16.3. The van der Waals surface area contributed by atoms with Gasteiger partial charge in [0.1, 0.15) is 0 Å². The molecule has 0 amide bonds. The van der Waals surface area contributed by atoms with Crippen molar-refractivity contribution in [1.82, 2.24) is 5.32 Å². The van der Waals surface area contributed by atoms with E-state index in [1.165, 1.54) is 12.8 Å². The molecule has 1 aliphatic rings. The van der Waals surface area contributed by atoms with Crippen LogP contribution in [0.2, 0.25) is 0 Å². The molecule has 2 N–H and O–H groups in total. The monoisotopic (exact) mass is 115 g/mol. The Hall–Kier alpha value is -0.0800. The summed E-state index contributed by atoms with van der Waals surface area (Å²) in [5.41, 5.74) is 0. The van der Waals surface area contributed by atoms with Crippen molar-refractivity contribution in [3.05, 3.63) is 0 Å². The van der Waals surface area contributed by atoms with Crippen LogP contribution >= 0.6 is 0 Å². The molecule has 0 aliphatic carbocycles. The minimum Gasteiger partial charge on any atom is -0.395 e. The van der Waals surface area contributed by atoms with E-state index in [1.54, 1.807) is 0 Å². The molecule has 0 aromatic heterocycles. The third-order valence-corrected chi connectivity index (χ3v) is 1.60. The van der Waals surface area contributed by atoms with Gasteiger partial charge in [-0.3, -0.25) is 0 Å². The Morgan fingerprint density at radius 2 is 2.25 bits per heavy atom. The van der Waals surface area contributed by atoms with Crippen LogP contribution in [0.4, 0.5) is 0 Å². The SMILES string of the molecule is CCC[C@@H]1N[C@@H]1CO. The topological polar surface area (TPSA) is 42.2 Å². The van der Waals surface area contributed by atoms with E-state index in [0.717, 1.165) is 0 Å². The lowest BCUT2D eigenvalue weighted by Crippen LogP contribution is -1.98. The molecule has 8 heavy (non-hydrogen) atoms. The van der Waals surface area contributed by atoms with Gasteiger partial charge in [0.15, 0.2) is 0 Å². The van der Waals surface area contributed by atoms with Crippen LogP contribution in [0.25, 0.3) is 0 Å². The smallest absolute Gasteiger partial charge is 0.0599 e. The lowest BCUT2D eigenvalue weighted by Gasteiger charge is -1.86. The third kappa shape index (κ3) is 1.20. The first-order valence-corrected chi connectivity index (χ1v) is 3.25. The normalized spacial score (nSPS) is 35.2. The van der Waals surface area contributed by atoms with Crippen LogP contribution in [0, 0.1) is 0 Å². The molecule has 1 saturated heterocycles. The number of aliphatic hydroxyl groups is 1. The van der Waals surface area contributed by atoms with E-state index in [1.807, 2.05) is 0 Å². The maximum absolute atomic E-state index is 8.54. The molecule has 0 spiro atoms. The Balaban J connectivity index is 1.99. The van der Waals surface area contributed by atoms with Gasteiger partial charge in [0, 0.05) is 12.1 Å². The largest absolute Gasteiger partial charge is 0.395 e. The molecule has 1 fully saturated rings. The van der Waals surface area contributed by atoms with E-state index in [-0.39, 0.29) is 0 Å². The van der Waals surface area contributed by atoms with E-state index in [2.05, 4.69) is 12.2 Å². The van der Waals surface area contributed by atoms with Crippen LogP contribution in [0.1, 0.15) is 19.8 Å². The first-order valence-electron chi connectivity index (χ1n) is 3.25. The molecule has 1 heterocycles. The van der Waals surface area contributed by atoms with E-state index in [9.17, 15) is 0 Å². The van der Waals surface area contributed by atoms with Crippen molar-refractivity contribution in [2.24, 2.45) is 0 Å². The first kappa shape index (κ1) is 6.05. The second-order valence-corrected chi connectivity index (χ2v) is 2.35. The van der Waals surface area contributed by atoms with Gasteiger partial charge in [0.2, 0.25) is 0 Å². The summed E-state index contributed by atoms with van der Waals surface area (Å²) in [5.74, 6) is 0. The van der Waals surface area contributed by atoms with Gasteiger partial charge in [-0.15, -0.1) is 0 Å². The number of nitrogens with one attached hydrogen (secondary N) is 1. The molecule has 0 bridgehead atoms. The Morgan fingerprint density at radius 3 is 2.62 bits per heavy atom. The van der Waals surface area contributed by atoms with Crippen LogP contribution in [0.3, 0.4) is 0 Å². The Morgan fingerprint density at radius 1 is 1.50 bits per heavy atom. The number of hydrogen-bond acceptors (Lipinski definition) is 2. The molecule has 1 rings (SSSR count). The zero-order valence-electron chi connectivity index (χ0n) is 5.22. The van der Waals surface area contributed by atoms with Crippen molar-refractivity contribution in [2.75, 3.05) is 6.61 Å². The highest BCUT2D eigenvalue weighted by Crippen LogP contribution is 2.14. The van der Waals surface area contributed by atoms with Gasteiger partial charge in [0.25, 0.3) is 0 Å². The fourth-order valence-electron chi connectivity index (χ4n) is 0.995. The highest BCUT2D eigenvalue weighted by molar-refractivity contribution is 4.96. The fourth-order valence-corrected chi connectivity index (χ4v) is 0.995. The van der Waals surface area contributed by atoms with Gasteiger partial charge in [0.05, 0.1) is 6.61 Å². The van der Waals surface area contributed by atoms with Crippen LogP contribution < -0.4 is 5.32 Å². The van der Waals surface area contributed by atoms with Crippen molar-refractivity contribution >= 4 is 0 Å². The maximum Gasteiger partial charge on any atom is 0.0599 e. The Kier molecular flexibility index (Phi) is 1.86. The predicted molar refractivity (Wildman–Crippen MR) is 32.7 cm³/mol. The minimum atomic E-state index is 0.310. The number of aliphatic hydroxyl groups excluding tert-OH is 1. The van der Waals surface area contributed by atoms with Crippen LogP contribution in [0.15, 0.2) is 0 Å². The summed E-state index contributed by atoms with van der Waals surface area (Å²) in [4.78, 5) is 0. The van der Waals surface area contributed by atoms with Crippen molar-refractivity contribution in [1.29, 1.82) is 0 Å². The lowest BCUT2D eigenvalue weighted by molar-refractivity contribution is 0.293. The molecule has 0 radical (unpaired) electrons. The lowest BCUT2D eigenvalue weighted by atomic mass is 10.2. The minimum absolute atomic E-state index is 0.310. The van der Waals surface area contributed by atoms with Crippen LogP contribution in [-0.2, 0) is 0 Å². The fraction of sp³-hybridized carbons (Fsp3) is 1.00. The molecule has 0 saturated carbocycles. The van der Waals surface area contributed by atoms with Gasteiger partial charge in [-0.25, -0.2) is 0 Å². The maximum atomic E-state index is 8.54. The molecule has 0 aromatic rings. The second kappa shape index (κ2) is 2.46. The predicted octanol–water partition coefficient (Wildman–Crippen LogP) is 0.119. The summed E-state index contributed by atoms with van der Waals surface area (Å²) in [6, 6.07) is 1.06. The van der Waals surface area contributed by atoms with Crippen molar-refractivity contribution in [3.8, 4) is 0 Å². The van der Waals surface area contributed by atoms with Crippen LogP contribution in [0.5, 0.6) is 0 Å². The summed E-state index contributed by atoms with van der Waals surface area (Å²) < 4.78 is 0. The van der Waals surface area contributed by atoms with Gasteiger partial charge >= 0.3 is 0 Å². The first-order chi connectivity index (χ1) is 3.88. The number of rotatable bonds is 3. The molecular formula is C6H13NO. The van der Waals surface area contributed by atoms with E-state index < -0.39 is 0 Å².